The molecule has 1 aliphatic rings. The summed E-state index contributed by atoms with van der Waals surface area (Å²) in [5.74, 6) is 0.403. The zero-order valence-electron chi connectivity index (χ0n) is 11.0. The number of nitrogens with zero attached hydrogens (tertiary/aromatic N) is 2. The van der Waals surface area contributed by atoms with Crippen LogP contribution in [0.15, 0.2) is 24.3 Å². The van der Waals surface area contributed by atoms with E-state index in [0.717, 1.165) is 38.0 Å². The van der Waals surface area contributed by atoms with Crippen molar-refractivity contribution in [3.63, 3.8) is 0 Å². The molecule has 1 heterocycles. The average molecular weight is 262 g/mol. The number of benzene rings is 1. The van der Waals surface area contributed by atoms with Gasteiger partial charge in [0, 0.05) is 31.1 Å². The molecule has 1 atom stereocenters. The maximum Gasteiger partial charge on any atom is 0.269 e. The average Bonchev–Trinajstić information content (AvgIpc) is 2.39. The Bertz CT molecular complexity index is 470. The molecule has 102 valence electrons. The normalized spacial score (nSPS) is 20.2. The fourth-order valence-corrected chi connectivity index (χ4v) is 2.51. The van der Waals surface area contributed by atoms with Gasteiger partial charge in [-0.05, 0) is 31.9 Å². The fourth-order valence-electron chi connectivity index (χ4n) is 2.51. The summed E-state index contributed by atoms with van der Waals surface area (Å²) < 4.78 is 0. The second kappa shape index (κ2) is 5.93. The number of non-ortho nitro benzene ring substituents is 1. The van der Waals surface area contributed by atoms with Gasteiger partial charge >= 0.3 is 0 Å². The van der Waals surface area contributed by atoms with Crippen molar-refractivity contribution < 1.29 is 9.72 Å². The maximum atomic E-state index is 11.4. The first-order chi connectivity index (χ1) is 9.06. The van der Waals surface area contributed by atoms with Gasteiger partial charge in [-0.2, -0.15) is 0 Å². The van der Waals surface area contributed by atoms with Gasteiger partial charge in [-0.3, -0.25) is 19.8 Å². The lowest BCUT2D eigenvalue weighted by molar-refractivity contribution is -0.384. The molecule has 0 saturated carbocycles. The van der Waals surface area contributed by atoms with Crippen molar-refractivity contribution in [2.45, 2.75) is 26.3 Å². The molecule has 19 heavy (non-hydrogen) atoms. The standard InChI is InChI=1S/C14H18N2O3/c1-11(17)13-3-2-8-15(10-13)9-12-4-6-14(7-5-12)16(18)19/h4-7,13H,2-3,8-10H2,1H3. The molecule has 0 N–H and O–H groups in total. The highest BCUT2D eigenvalue weighted by atomic mass is 16.6. The number of hydrogen-bond donors (Lipinski definition) is 0. The van der Waals surface area contributed by atoms with Crippen molar-refractivity contribution in [3.8, 4) is 0 Å². The molecule has 1 aromatic carbocycles. The lowest BCUT2D eigenvalue weighted by atomic mass is 9.94. The summed E-state index contributed by atoms with van der Waals surface area (Å²) in [6.07, 6.45) is 2.02. The predicted octanol–water partition coefficient (Wildman–Crippen LogP) is 2.40. The molecule has 2 rings (SSSR count). The number of nitro groups is 1. The van der Waals surface area contributed by atoms with E-state index in [-0.39, 0.29) is 17.4 Å². The molecule has 0 bridgehead atoms. The van der Waals surface area contributed by atoms with E-state index >= 15 is 0 Å². The van der Waals surface area contributed by atoms with Crippen LogP contribution in [0.5, 0.6) is 0 Å². The minimum absolute atomic E-state index is 0.115. The zero-order chi connectivity index (χ0) is 13.8. The van der Waals surface area contributed by atoms with Crippen molar-refractivity contribution in [3.05, 3.63) is 39.9 Å². The number of carbonyl (C=O) groups is 1. The first kappa shape index (κ1) is 13.7. The van der Waals surface area contributed by atoms with Crippen molar-refractivity contribution in [2.75, 3.05) is 13.1 Å². The van der Waals surface area contributed by atoms with Gasteiger partial charge in [-0.15, -0.1) is 0 Å². The highest BCUT2D eigenvalue weighted by molar-refractivity contribution is 5.78. The number of nitro benzene ring substituents is 1. The Labute approximate surface area is 112 Å². The minimum Gasteiger partial charge on any atom is -0.300 e. The highest BCUT2D eigenvalue weighted by Gasteiger charge is 2.23. The predicted molar refractivity (Wildman–Crippen MR) is 71.8 cm³/mol. The lowest BCUT2D eigenvalue weighted by Gasteiger charge is -2.31. The third-order valence-corrected chi connectivity index (χ3v) is 3.63. The van der Waals surface area contributed by atoms with E-state index in [4.69, 9.17) is 0 Å². The lowest BCUT2D eigenvalue weighted by Crippen LogP contribution is -2.37. The largest absolute Gasteiger partial charge is 0.300 e. The Kier molecular flexibility index (Phi) is 4.27. The topological polar surface area (TPSA) is 63.5 Å². The Morgan fingerprint density at radius 1 is 1.42 bits per heavy atom. The quantitative estimate of drug-likeness (QED) is 0.617. The smallest absolute Gasteiger partial charge is 0.269 e. The van der Waals surface area contributed by atoms with Crippen LogP contribution in [0.25, 0.3) is 0 Å². The van der Waals surface area contributed by atoms with Crippen LogP contribution in [-0.2, 0) is 11.3 Å². The summed E-state index contributed by atoms with van der Waals surface area (Å²) in [6.45, 7) is 4.19. The van der Waals surface area contributed by atoms with E-state index in [2.05, 4.69) is 4.90 Å². The van der Waals surface area contributed by atoms with E-state index in [1.165, 1.54) is 12.1 Å². The summed E-state index contributed by atoms with van der Waals surface area (Å²) in [5, 5.41) is 10.6. The van der Waals surface area contributed by atoms with E-state index in [0.29, 0.717) is 0 Å². The van der Waals surface area contributed by atoms with Gasteiger partial charge in [0.05, 0.1) is 4.92 Å². The highest BCUT2D eigenvalue weighted by Crippen LogP contribution is 2.20. The van der Waals surface area contributed by atoms with Crippen LogP contribution < -0.4 is 0 Å². The minimum atomic E-state index is -0.392. The summed E-state index contributed by atoms with van der Waals surface area (Å²) in [5.41, 5.74) is 1.17. The summed E-state index contributed by atoms with van der Waals surface area (Å²) >= 11 is 0. The number of hydrogen-bond acceptors (Lipinski definition) is 4. The van der Waals surface area contributed by atoms with Gasteiger partial charge < -0.3 is 0 Å². The van der Waals surface area contributed by atoms with Gasteiger partial charge in [0.2, 0.25) is 0 Å². The van der Waals surface area contributed by atoms with E-state index < -0.39 is 4.92 Å². The van der Waals surface area contributed by atoms with Gasteiger partial charge in [-0.25, -0.2) is 0 Å². The summed E-state index contributed by atoms with van der Waals surface area (Å²) in [7, 11) is 0. The van der Waals surface area contributed by atoms with Crippen LogP contribution in [-0.4, -0.2) is 28.7 Å². The summed E-state index contributed by atoms with van der Waals surface area (Å²) in [6, 6.07) is 6.63. The molecule has 1 aromatic rings. The van der Waals surface area contributed by atoms with Crippen molar-refractivity contribution in [2.24, 2.45) is 5.92 Å². The zero-order valence-corrected chi connectivity index (χ0v) is 11.0. The summed E-state index contributed by atoms with van der Waals surface area (Å²) in [4.78, 5) is 23.8. The van der Waals surface area contributed by atoms with Crippen LogP contribution in [0.4, 0.5) is 5.69 Å². The number of ketones is 1. The third kappa shape index (κ3) is 3.61. The second-order valence-corrected chi connectivity index (χ2v) is 5.11. The number of piperidine rings is 1. The van der Waals surface area contributed by atoms with Gasteiger partial charge in [0.15, 0.2) is 0 Å². The van der Waals surface area contributed by atoms with Crippen LogP contribution >= 0.6 is 0 Å². The Balaban J connectivity index is 1.96. The Hall–Kier alpha value is -1.75. The number of likely N-dealkylation sites (tertiary alicyclic amines) is 1. The second-order valence-electron chi connectivity index (χ2n) is 5.11. The Morgan fingerprint density at radius 3 is 2.68 bits per heavy atom. The van der Waals surface area contributed by atoms with Gasteiger partial charge in [0.1, 0.15) is 5.78 Å². The molecule has 0 radical (unpaired) electrons. The van der Waals surface area contributed by atoms with Gasteiger partial charge in [-0.1, -0.05) is 12.1 Å². The van der Waals surface area contributed by atoms with Crippen LogP contribution in [0.1, 0.15) is 25.3 Å². The molecular formula is C14H18N2O3. The van der Waals surface area contributed by atoms with Crippen LogP contribution in [0.2, 0.25) is 0 Å². The maximum absolute atomic E-state index is 11.4. The molecule has 0 amide bonds. The molecular weight excluding hydrogens is 244 g/mol. The van der Waals surface area contributed by atoms with Crippen molar-refractivity contribution in [1.82, 2.24) is 4.90 Å². The molecule has 1 aliphatic heterocycles. The van der Waals surface area contributed by atoms with E-state index in [1.807, 2.05) is 0 Å². The SMILES string of the molecule is CC(=O)C1CCCN(Cc2ccc([N+](=O)[O-])cc2)C1. The van der Waals surface area contributed by atoms with E-state index in [1.54, 1.807) is 19.1 Å². The third-order valence-electron chi connectivity index (χ3n) is 3.63. The molecule has 0 aromatic heterocycles. The first-order valence-corrected chi connectivity index (χ1v) is 6.52. The number of Topliss-reactive ketones (excluding diaryl/α,β-unsaturated/α-hetero) is 1. The number of rotatable bonds is 4. The molecule has 0 aliphatic carbocycles. The van der Waals surface area contributed by atoms with E-state index in [9.17, 15) is 14.9 Å². The van der Waals surface area contributed by atoms with Gasteiger partial charge in [0.25, 0.3) is 5.69 Å². The molecule has 1 fully saturated rings. The monoisotopic (exact) mass is 262 g/mol. The molecule has 5 nitrogen and oxygen atoms in total. The van der Waals surface area contributed by atoms with Crippen LogP contribution in [0, 0.1) is 16.0 Å². The molecule has 0 spiro atoms. The first-order valence-electron chi connectivity index (χ1n) is 6.52. The van der Waals surface area contributed by atoms with Crippen LogP contribution in [0.3, 0.4) is 0 Å². The fraction of sp³-hybridized carbons (Fsp3) is 0.500. The number of carbonyl (C=O) groups excluding carboxylic acids is 1. The molecule has 1 unspecified atom stereocenters. The molecule has 1 saturated heterocycles. The van der Waals surface area contributed by atoms with Crippen molar-refractivity contribution in [1.29, 1.82) is 0 Å². The molecule has 5 heteroatoms. The van der Waals surface area contributed by atoms with Crippen molar-refractivity contribution >= 4 is 11.5 Å². The Morgan fingerprint density at radius 2 is 2.11 bits per heavy atom.